The Kier molecular flexibility index (Phi) is 9.66. The average molecular weight is 481 g/mol. The third kappa shape index (κ3) is 8.40. The Morgan fingerprint density at radius 2 is 1.66 bits per heavy atom. The first-order chi connectivity index (χ1) is 16.8. The van der Waals surface area contributed by atoms with Gasteiger partial charge in [0.1, 0.15) is 12.6 Å². The van der Waals surface area contributed by atoms with Crippen LogP contribution in [0.2, 0.25) is 0 Å². The molecular formula is C27H36N4O4. The monoisotopic (exact) mass is 480 g/mol. The van der Waals surface area contributed by atoms with Crippen molar-refractivity contribution in [3.05, 3.63) is 65.7 Å². The number of alkyl carbamates (subject to hydrolysis) is 1. The average Bonchev–Trinajstić information content (AvgIpc) is 2.86. The number of likely N-dealkylation sites (tertiary alicyclic amines) is 1. The number of anilines is 1. The first-order valence-corrected chi connectivity index (χ1v) is 12.2. The molecule has 0 aliphatic carbocycles. The number of hydrogen-bond donors (Lipinski definition) is 3. The predicted octanol–water partition coefficient (Wildman–Crippen LogP) is 3.32. The van der Waals surface area contributed by atoms with Crippen LogP contribution in [0.1, 0.15) is 37.8 Å². The van der Waals surface area contributed by atoms with Gasteiger partial charge in [-0.05, 0) is 61.5 Å². The number of amides is 3. The van der Waals surface area contributed by atoms with Crippen LogP contribution in [0.3, 0.4) is 0 Å². The van der Waals surface area contributed by atoms with E-state index < -0.39 is 12.1 Å². The van der Waals surface area contributed by atoms with Gasteiger partial charge >= 0.3 is 6.09 Å². The summed E-state index contributed by atoms with van der Waals surface area (Å²) in [6.07, 6.45) is 1.91. The summed E-state index contributed by atoms with van der Waals surface area (Å²) in [5.74, 6) is -0.593. The Labute approximate surface area is 207 Å². The van der Waals surface area contributed by atoms with Crippen molar-refractivity contribution in [2.24, 2.45) is 17.6 Å². The lowest BCUT2D eigenvalue weighted by Crippen LogP contribution is -2.47. The summed E-state index contributed by atoms with van der Waals surface area (Å²) in [6, 6.07) is 16.4. The molecule has 35 heavy (non-hydrogen) atoms. The van der Waals surface area contributed by atoms with Gasteiger partial charge in [-0.3, -0.25) is 9.59 Å². The van der Waals surface area contributed by atoms with Crippen LogP contribution in [-0.2, 0) is 27.4 Å². The van der Waals surface area contributed by atoms with Gasteiger partial charge in [-0.1, -0.05) is 56.3 Å². The molecule has 0 aromatic heterocycles. The molecule has 1 fully saturated rings. The number of carbonyl (C=O) groups excluding carboxylic acids is 3. The van der Waals surface area contributed by atoms with E-state index in [0.717, 1.165) is 44.5 Å². The summed E-state index contributed by atoms with van der Waals surface area (Å²) >= 11 is 0. The molecule has 3 amide bonds. The van der Waals surface area contributed by atoms with Crippen LogP contribution in [0.5, 0.6) is 0 Å². The molecule has 8 nitrogen and oxygen atoms in total. The molecule has 1 atom stereocenters. The summed E-state index contributed by atoms with van der Waals surface area (Å²) in [5.41, 5.74) is 8.13. The molecule has 3 rings (SSSR count). The van der Waals surface area contributed by atoms with Crippen LogP contribution in [0, 0.1) is 11.8 Å². The maximum Gasteiger partial charge on any atom is 0.408 e. The molecule has 8 heteroatoms. The molecule has 0 unspecified atom stereocenters. The van der Waals surface area contributed by atoms with Gasteiger partial charge in [0.25, 0.3) is 0 Å². The van der Waals surface area contributed by atoms with E-state index in [1.165, 1.54) is 5.56 Å². The summed E-state index contributed by atoms with van der Waals surface area (Å²) < 4.78 is 5.26. The van der Waals surface area contributed by atoms with Gasteiger partial charge in [0.15, 0.2) is 0 Å². The molecule has 1 heterocycles. The van der Waals surface area contributed by atoms with Crippen molar-refractivity contribution < 1.29 is 19.1 Å². The van der Waals surface area contributed by atoms with Gasteiger partial charge in [-0.15, -0.1) is 0 Å². The number of carbonyl (C=O) groups is 3. The fourth-order valence-corrected chi connectivity index (χ4v) is 4.13. The Morgan fingerprint density at radius 1 is 1.00 bits per heavy atom. The zero-order valence-electron chi connectivity index (χ0n) is 20.5. The van der Waals surface area contributed by atoms with Gasteiger partial charge in [0.2, 0.25) is 11.8 Å². The number of hydrogen-bond acceptors (Lipinski definition) is 5. The predicted molar refractivity (Wildman–Crippen MR) is 136 cm³/mol. The number of rotatable bonds is 10. The first kappa shape index (κ1) is 26.2. The summed E-state index contributed by atoms with van der Waals surface area (Å²) in [7, 11) is 0. The van der Waals surface area contributed by atoms with Crippen LogP contribution in [0.15, 0.2) is 54.6 Å². The smallest absolute Gasteiger partial charge is 0.408 e. The molecule has 1 aliphatic heterocycles. The van der Waals surface area contributed by atoms with E-state index >= 15 is 0 Å². The van der Waals surface area contributed by atoms with Crippen molar-refractivity contribution in [2.45, 2.75) is 45.8 Å². The summed E-state index contributed by atoms with van der Waals surface area (Å²) in [5, 5.41) is 5.56. The highest BCUT2D eigenvalue weighted by Crippen LogP contribution is 2.18. The second-order valence-corrected chi connectivity index (χ2v) is 9.38. The van der Waals surface area contributed by atoms with Crippen molar-refractivity contribution in [2.75, 3.05) is 25.0 Å². The normalized spacial score (nSPS) is 15.4. The fourth-order valence-electron chi connectivity index (χ4n) is 4.13. The standard InChI is InChI=1S/C27H36N4O4/c1-19(2)24(30-27(34)35-18-21-6-4-3-5-7-21)26(33)29-23-10-8-20(9-11-23)12-15-31-16-13-22(14-17-31)25(28)32/h3-11,19,22,24H,12-18H2,1-2H3,(H2,28,32)(H,29,33)(H,30,34)/t24-/m0/s1. The van der Waals surface area contributed by atoms with Gasteiger partial charge in [-0.2, -0.15) is 0 Å². The van der Waals surface area contributed by atoms with Crippen LogP contribution >= 0.6 is 0 Å². The van der Waals surface area contributed by atoms with Crippen molar-refractivity contribution in [1.82, 2.24) is 10.2 Å². The number of primary amides is 1. The van der Waals surface area contributed by atoms with Gasteiger partial charge in [0, 0.05) is 18.2 Å². The van der Waals surface area contributed by atoms with E-state index in [1.807, 2.05) is 68.4 Å². The zero-order chi connectivity index (χ0) is 25.2. The lowest BCUT2D eigenvalue weighted by molar-refractivity contribution is -0.123. The molecule has 0 spiro atoms. The number of ether oxygens (including phenoxy) is 1. The van der Waals surface area contributed by atoms with Crippen LogP contribution < -0.4 is 16.4 Å². The van der Waals surface area contributed by atoms with Gasteiger partial charge in [-0.25, -0.2) is 4.79 Å². The largest absolute Gasteiger partial charge is 0.445 e. The zero-order valence-corrected chi connectivity index (χ0v) is 20.5. The fraction of sp³-hybridized carbons (Fsp3) is 0.444. The Morgan fingerprint density at radius 3 is 2.26 bits per heavy atom. The number of benzene rings is 2. The first-order valence-electron chi connectivity index (χ1n) is 12.2. The minimum atomic E-state index is -0.721. The molecule has 0 bridgehead atoms. The second-order valence-electron chi connectivity index (χ2n) is 9.38. The van der Waals surface area contributed by atoms with E-state index in [-0.39, 0.29) is 30.3 Å². The van der Waals surface area contributed by atoms with Crippen molar-refractivity contribution in [1.29, 1.82) is 0 Å². The Hall–Kier alpha value is -3.39. The molecular weight excluding hydrogens is 444 g/mol. The van der Waals surface area contributed by atoms with E-state index in [4.69, 9.17) is 10.5 Å². The number of nitrogens with one attached hydrogen (secondary N) is 2. The minimum absolute atomic E-state index is 0.00372. The third-order valence-electron chi connectivity index (χ3n) is 6.36. The molecule has 0 radical (unpaired) electrons. The summed E-state index contributed by atoms with van der Waals surface area (Å²) in [6.45, 7) is 6.58. The molecule has 1 saturated heterocycles. The highest BCUT2D eigenvalue weighted by Gasteiger charge is 2.25. The number of piperidine rings is 1. The van der Waals surface area contributed by atoms with E-state index in [9.17, 15) is 14.4 Å². The second kappa shape index (κ2) is 12.9. The Bertz CT molecular complexity index is 970. The quantitative estimate of drug-likeness (QED) is 0.483. The van der Waals surface area contributed by atoms with Crippen molar-refractivity contribution >= 4 is 23.6 Å². The highest BCUT2D eigenvalue weighted by atomic mass is 16.5. The lowest BCUT2D eigenvalue weighted by Gasteiger charge is -2.30. The summed E-state index contributed by atoms with van der Waals surface area (Å²) in [4.78, 5) is 38.7. The molecule has 188 valence electrons. The minimum Gasteiger partial charge on any atom is -0.445 e. The maximum absolute atomic E-state index is 12.8. The topological polar surface area (TPSA) is 114 Å². The maximum atomic E-state index is 12.8. The van der Waals surface area contributed by atoms with Crippen molar-refractivity contribution in [3.63, 3.8) is 0 Å². The molecule has 0 saturated carbocycles. The SMILES string of the molecule is CC(C)[C@H](NC(=O)OCc1ccccc1)C(=O)Nc1ccc(CCN2CCC(C(N)=O)CC2)cc1. The highest BCUT2D eigenvalue weighted by molar-refractivity contribution is 5.96. The van der Waals surface area contributed by atoms with Crippen molar-refractivity contribution in [3.8, 4) is 0 Å². The number of nitrogens with two attached hydrogens (primary N) is 1. The Balaban J connectivity index is 1.45. The van der Waals surface area contributed by atoms with Crippen LogP contribution in [-0.4, -0.2) is 48.5 Å². The molecule has 4 N–H and O–H groups in total. The van der Waals surface area contributed by atoms with E-state index in [1.54, 1.807) is 0 Å². The lowest BCUT2D eigenvalue weighted by atomic mass is 9.96. The molecule has 2 aromatic carbocycles. The van der Waals surface area contributed by atoms with Gasteiger partial charge in [0.05, 0.1) is 0 Å². The molecule has 2 aromatic rings. The number of nitrogens with zero attached hydrogens (tertiary/aromatic N) is 1. The van der Waals surface area contributed by atoms with E-state index in [2.05, 4.69) is 15.5 Å². The van der Waals surface area contributed by atoms with Crippen LogP contribution in [0.25, 0.3) is 0 Å². The molecule has 1 aliphatic rings. The van der Waals surface area contributed by atoms with Gasteiger partial charge < -0.3 is 26.0 Å². The third-order valence-corrected chi connectivity index (χ3v) is 6.36. The van der Waals surface area contributed by atoms with E-state index in [0.29, 0.717) is 5.69 Å². The van der Waals surface area contributed by atoms with Crippen LogP contribution in [0.4, 0.5) is 10.5 Å².